The highest BCUT2D eigenvalue weighted by molar-refractivity contribution is 5.93. The lowest BCUT2D eigenvalue weighted by Gasteiger charge is -2.07. The SMILES string of the molecule is O=C(O)c1cc(F)cnc1NCCc1ncon1. The van der Waals surface area contributed by atoms with Gasteiger partial charge in [-0.05, 0) is 6.07 Å². The minimum atomic E-state index is -1.25. The van der Waals surface area contributed by atoms with Crippen LogP contribution in [0.2, 0.25) is 0 Å². The third kappa shape index (κ3) is 2.78. The molecule has 2 N–H and O–H groups in total. The molecule has 0 saturated heterocycles. The molecule has 0 bridgehead atoms. The van der Waals surface area contributed by atoms with E-state index in [1.165, 1.54) is 6.39 Å². The monoisotopic (exact) mass is 252 g/mol. The molecule has 0 aliphatic carbocycles. The second-order valence-electron chi connectivity index (χ2n) is 3.38. The summed E-state index contributed by atoms with van der Waals surface area (Å²) in [5.41, 5.74) is -0.219. The number of rotatable bonds is 5. The van der Waals surface area contributed by atoms with Crippen LogP contribution in [0.1, 0.15) is 16.2 Å². The van der Waals surface area contributed by atoms with Crippen molar-refractivity contribution >= 4 is 11.8 Å². The quantitative estimate of drug-likeness (QED) is 0.816. The van der Waals surface area contributed by atoms with Gasteiger partial charge in [0.25, 0.3) is 0 Å². The molecule has 0 aliphatic rings. The van der Waals surface area contributed by atoms with Gasteiger partial charge in [-0.3, -0.25) is 0 Å². The number of carbonyl (C=O) groups is 1. The van der Waals surface area contributed by atoms with E-state index in [0.29, 0.717) is 18.8 Å². The maximum Gasteiger partial charge on any atom is 0.339 e. The van der Waals surface area contributed by atoms with Gasteiger partial charge in [0, 0.05) is 13.0 Å². The van der Waals surface area contributed by atoms with Crippen LogP contribution in [0.4, 0.5) is 10.2 Å². The van der Waals surface area contributed by atoms with E-state index >= 15 is 0 Å². The summed E-state index contributed by atoms with van der Waals surface area (Å²) in [4.78, 5) is 18.4. The van der Waals surface area contributed by atoms with Crippen LogP contribution in [0.3, 0.4) is 0 Å². The molecule has 0 amide bonds. The highest BCUT2D eigenvalue weighted by Gasteiger charge is 2.12. The van der Waals surface area contributed by atoms with Gasteiger partial charge in [-0.2, -0.15) is 4.98 Å². The van der Waals surface area contributed by atoms with E-state index in [0.717, 1.165) is 12.3 Å². The number of anilines is 1. The van der Waals surface area contributed by atoms with E-state index in [4.69, 9.17) is 5.11 Å². The number of aromatic nitrogens is 3. The molecule has 0 atom stereocenters. The average Bonchev–Trinajstić information content (AvgIpc) is 2.84. The van der Waals surface area contributed by atoms with Crippen molar-refractivity contribution in [3.05, 3.63) is 35.9 Å². The van der Waals surface area contributed by atoms with Gasteiger partial charge in [0.1, 0.15) is 17.2 Å². The summed E-state index contributed by atoms with van der Waals surface area (Å²) in [7, 11) is 0. The van der Waals surface area contributed by atoms with Crippen LogP contribution in [-0.4, -0.2) is 32.7 Å². The predicted molar refractivity (Wildman–Crippen MR) is 57.6 cm³/mol. The topological polar surface area (TPSA) is 101 Å². The Morgan fingerprint density at radius 2 is 2.33 bits per heavy atom. The van der Waals surface area contributed by atoms with Crippen molar-refractivity contribution in [1.82, 2.24) is 15.1 Å². The minimum Gasteiger partial charge on any atom is -0.478 e. The fraction of sp³-hybridized carbons (Fsp3) is 0.200. The molecule has 0 aromatic carbocycles. The number of nitrogens with one attached hydrogen (secondary N) is 1. The smallest absolute Gasteiger partial charge is 0.339 e. The number of hydrogen-bond acceptors (Lipinski definition) is 6. The molecule has 18 heavy (non-hydrogen) atoms. The summed E-state index contributed by atoms with van der Waals surface area (Å²) >= 11 is 0. The van der Waals surface area contributed by atoms with Crippen molar-refractivity contribution in [2.45, 2.75) is 6.42 Å². The Balaban J connectivity index is 2.02. The van der Waals surface area contributed by atoms with Crippen LogP contribution in [0, 0.1) is 5.82 Å². The maximum absolute atomic E-state index is 12.9. The minimum absolute atomic E-state index is 0.104. The van der Waals surface area contributed by atoms with E-state index in [-0.39, 0.29) is 11.4 Å². The largest absolute Gasteiger partial charge is 0.478 e. The first kappa shape index (κ1) is 12.0. The molecule has 0 fully saturated rings. The van der Waals surface area contributed by atoms with Gasteiger partial charge in [0.15, 0.2) is 5.82 Å². The van der Waals surface area contributed by atoms with Crippen molar-refractivity contribution < 1.29 is 18.8 Å². The Labute approximate surface area is 101 Å². The normalized spacial score (nSPS) is 10.3. The highest BCUT2D eigenvalue weighted by Crippen LogP contribution is 2.13. The molecule has 94 valence electrons. The van der Waals surface area contributed by atoms with E-state index in [1.54, 1.807) is 0 Å². The predicted octanol–water partition coefficient (Wildman–Crippen LogP) is 0.957. The first-order chi connectivity index (χ1) is 8.66. The zero-order valence-electron chi connectivity index (χ0n) is 9.13. The van der Waals surface area contributed by atoms with Gasteiger partial charge < -0.3 is 14.9 Å². The van der Waals surface area contributed by atoms with Crippen LogP contribution in [0.15, 0.2) is 23.2 Å². The highest BCUT2D eigenvalue weighted by atomic mass is 19.1. The van der Waals surface area contributed by atoms with Gasteiger partial charge in [0.05, 0.1) is 6.20 Å². The van der Waals surface area contributed by atoms with Gasteiger partial charge in [-0.25, -0.2) is 14.2 Å². The Morgan fingerprint density at radius 1 is 1.50 bits per heavy atom. The van der Waals surface area contributed by atoms with Gasteiger partial charge in [0.2, 0.25) is 6.39 Å². The van der Waals surface area contributed by atoms with Crippen LogP contribution >= 0.6 is 0 Å². The van der Waals surface area contributed by atoms with Gasteiger partial charge in [-0.1, -0.05) is 5.16 Å². The second kappa shape index (κ2) is 5.21. The molecular weight excluding hydrogens is 243 g/mol. The fourth-order valence-corrected chi connectivity index (χ4v) is 1.34. The van der Waals surface area contributed by atoms with E-state index in [9.17, 15) is 9.18 Å². The molecule has 0 spiro atoms. The molecular formula is C10H9FN4O3. The summed E-state index contributed by atoms with van der Waals surface area (Å²) in [6.07, 6.45) is 2.59. The van der Waals surface area contributed by atoms with Crippen molar-refractivity contribution in [2.24, 2.45) is 0 Å². The van der Waals surface area contributed by atoms with Crippen molar-refractivity contribution in [3.63, 3.8) is 0 Å². The van der Waals surface area contributed by atoms with E-state index < -0.39 is 11.8 Å². The molecule has 2 rings (SSSR count). The summed E-state index contributed by atoms with van der Waals surface area (Å²) < 4.78 is 17.4. The van der Waals surface area contributed by atoms with E-state index in [2.05, 4.69) is 25.0 Å². The lowest BCUT2D eigenvalue weighted by Crippen LogP contribution is -2.12. The fourth-order valence-electron chi connectivity index (χ4n) is 1.34. The summed E-state index contributed by atoms with van der Waals surface area (Å²) in [6, 6.07) is 0.909. The number of halogens is 1. The number of carboxylic acid groups (broad SMARTS) is 1. The third-order valence-electron chi connectivity index (χ3n) is 2.13. The number of pyridine rings is 1. The first-order valence-electron chi connectivity index (χ1n) is 5.05. The summed E-state index contributed by atoms with van der Waals surface area (Å²) in [5.74, 6) is -1.35. The molecule has 2 aromatic heterocycles. The maximum atomic E-state index is 12.9. The van der Waals surface area contributed by atoms with Crippen LogP contribution in [0.5, 0.6) is 0 Å². The number of carboxylic acids is 1. The molecule has 0 unspecified atom stereocenters. The third-order valence-corrected chi connectivity index (χ3v) is 2.13. The first-order valence-corrected chi connectivity index (χ1v) is 5.05. The summed E-state index contributed by atoms with van der Waals surface area (Å²) in [5, 5.41) is 15.3. The lowest BCUT2D eigenvalue weighted by atomic mass is 10.2. The zero-order chi connectivity index (χ0) is 13.0. The molecule has 0 aliphatic heterocycles. The molecule has 2 heterocycles. The van der Waals surface area contributed by atoms with Crippen molar-refractivity contribution in [3.8, 4) is 0 Å². The number of hydrogen-bond donors (Lipinski definition) is 2. The van der Waals surface area contributed by atoms with Gasteiger partial charge in [-0.15, -0.1) is 0 Å². The standard InChI is InChI=1S/C10H9FN4O3/c11-6-3-7(10(16)17)9(13-4-6)12-2-1-8-14-5-18-15-8/h3-5H,1-2H2,(H,12,13)(H,16,17). The molecule has 0 saturated carbocycles. The van der Waals surface area contributed by atoms with Crippen molar-refractivity contribution in [1.29, 1.82) is 0 Å². The van der Waals surface area contributed by atoms with Crippen LogP contribution in [-0.2, 0) is 6.42 Å². The van der Waals surface area contributed by atoms with Crippen LogP contribution in [0.25, 0.3) is 0 Å². The average molecular weight is 252 g/mol. The van der Waals surface area contributed by atoms with Crippen LogP contribution < -0.4 is 5.32 Å². The molecule has 7 nitrogen and oxygen atoms in total. The Kier molecular flexibility index (Phi) is 3.46. The van der Waals surface area contributed by atoms with E-state index in [1.807, 2.05) is 0 Å². The number of aromatic carboxylic acids is 1. The number of nitrogens with zero attached hydrogens (tertiary/aromatic N) is 3. The lowest BCUT2D eigenvalue weighted by molar-refractivity contribution is 0.0697. The van der Waals surface area contributed by atoms with Crippen molar-refractivity contribution in [2.75, 3.05) is 11.9 Å². The van der Waals surface area contributed by atoms with Gasteiger partial charge >= 0.3 is 5.97 Å². The molecule has 0 radical (unpaired) electrons. The Hall–Kier alpha value is -2.51. The Morgan fingerprint density at radius 3 is 3.00 bits per heavy atom. The zero-order valence-corrected chi connectivity index (χ0v) is 9.13. The summed E-state index contributed by atoms with van der Waals surface area (Å²) in [6.45, 7) is 0.360. The molecule has 8 heteroatoms. The molecule has 2 aromatic rings. The second-order valence-corrected chi connectivity index (χ2v) is 3.38. The Bertz CT molecular complexity index is 544.